The van der Waals surface area contributed by atoms with Gasteiger partial charge in [0.2, 0.25) is 0 Å². The molecule has 0 atom stereocenters. The quantitative estimate of drug-likeness (QED) is 0.472. The maximum atomic E-state index is 9.85. The van der Waals surface area contributed by atoms with Crippen molar-refractivity contribution in [3.05, 3.63) is 16.9 Å². The molecular formula is C6H6N2OS. The zero-order valence-corrected chi connectivity index (χ0v) is 6.26. The Labute approximate surface area is 62.6 Å². The van der Waals surface area contributed by atoms with Gasteiger partial charge in [0, 0.05) is 0 Å². The molecule has 1 aromatic rings. The highest BCUT2D eigenvalue weighted by molar-refractivity contribution is 7.06. The molecule has 4 heteroatoms. The zero-order valence-electron chi connectivity index (χ0n) is 5.44. The van der Waals surface area contributed by atoms with Crippen molar-refractivity contribution < 1.29 is 4.79 Å². The number of hydrogen-bond acceptors (Lipinski definition) is 4. The second kappa shape index (κ2) is 3.22. The molecule has 0 unspecified atom stereocenters. The lowest BCUT2D eigenvalue weighted by Crippen LogP contribution is -1.72. The third kappa shape index (κ3) is 1.73. The summed E-state index contributed by atoms with van der Waals surface area (Å²) >= 11 is 1.28. The van der Waals surface area contributed by atoms with Crippen molar-refractivity contribution in [1.29, 1.82) is 0 Å². The van der Waals surface area contributed by atoms with Gasteiger partial charge in [-0.25, -0.2) is 4.98 Å². The first-order valence-corrected chi connectivity index (χ1v) is 3.52. The van der Waals surface area contributed by atoms with Crippen molar-refractivity contribution in [2.75, 3.05) is 0 Å². The highest BCUT2D eigenvalue weighted by Gasteiger charge is 1.92. The van der Waals surface area contributed by atoms with E-state index in [1.165, 1.54) is 17.6 Å². The van der Waals surface area contributed by atoms with Crippen LogP contribution >= 0.6 is 11.5 Å². The third-order valence-corrected chi connectivity index (χ3v) is 1.63. The van der Waals surface area contributed by atoms with Crippen molar-refractivity contribution >= 4 is 23.9 Å². The summed E-state index contributed by atoms with van der Waals surface area (Å²) in [6.45, 7) is 1.81. The smallest absolute Gasteiger partial charge is 0.142 e. The van der Waals surface area contributed by atoms with E-state index in [1.54, 1.807) is 6.08 Å². The highest BCUT2D eigenvalue weighted by atomic mass is 32.1. The van der Waals surface area contributed by atoms with Gasteiger partial charge in [-0.3, -0.25) is 4.79 Å². The summed E-state index contributed by atoms with van der Waals surface area (Å²) in [5.41, 5.74) is 0. The van der Waals surface area contributed by atoms with Crippen LogP contribution in [0.15, 0.2) is 6.08 Å². The summed E-state index contributed by atoms with van der Waals surface area (Å²) in [6, 6.07) is 0. The predicted octanol–water partition coefficient (Wildman–Crippen LogP) is 1.06. The van der Waals surface area contributed by atoms with Crippen LogP contribution in [0.5, 0.6) is 0 Å². The van der Waals surface area contributed by atoms with E-state index in [2.05, 4.69) is 9.36 Å². The van der Waals surface area contributed by atoms with Gasteiger partial charge in [0.15, 0.2) is 0 Å². The SMILES string of the molecule is Cc1nsc(C=CC=O)n1. The number of hydrogen-bond donors (Lipinski definition) is 0. The normalized spacial score (nSPS) is 10.5. The summed E-state index contributed by atoms with van der Waals surface area (Å²) < 4.78 is 3.93. The van der Waals surface area contributed by atoms with Gasteiger partial charge < -0.3 is 0 Å². The Kier molecular flexibility index (Phi) is 2.28. The lowest BCUT2D eigenvalue weighted by molar-refractivity contribution is -0.104. The van der Waals surface area contributed by atoms with Gasteiger partial charge in [0.1, 0.15) is 17.1 Å². The molecule has 1 aromatic heterocycles. The molecule has 3 nitrogen and oxygen atoms in total. The molecule has 0 radical (unpaired) electrons. The van der Waals surface area contributed by atoms with Gasteiger partial charge in [0.25, 0.3) is 0 Å². The molecule has 0 aliphatic rings. The second-order valence-corrected chi connectivity index (χ2v) is 2.46. The summed E-state index contributed by atoms with van der Waals surface area (Å²) in [7, 11) is 0. The van der Waals surface area contributed by atoms with Gasteiger partial charge >= 0.3 is 0 Å². The van der Waals surface area contributed by atoms with Crippen molar-refractivity contribution in [2.45, 2.75) is 6.92 Å². The number of aryl methyl sites for hydroxylation is 1. The molecule has 52 valence electrons. The largest absolute Gasteiger partial charge is 0.299 e. The molecule has 10 heavy (non-hydrogen) atoms. The first kappa shape index (κ1) is 7.08. The van der Waals surface area contributed by atoms with Crippen LogP contribution in [0.2, 0.25) is 0 Å². The molecular weight excluding hydrogens is 148 g/mol. The number of aromatic nitrogens is 2. The first-order chi connectivity index (χ1) is 4.83. The predicted molar refractivity (Wildman–Crippen MR) is 39.7 cm³/mol. The molecule has 0 aromatic carbocycles. The second-order valence-electron chi connectivity index (χ2n) is 1.68. The molecule has 1 heterocycles. The minimum atomic E-state index is 0.719. The van der Waals surface area contributed by atoms with Crippen molar-refractivity contribution in [3.8, 4) is 0 Å². The van der Waals surface area contributed by atoms with Crippen LogP contribution in [-0.4, -0.2) is 15.6 Å². The molecule has 0 bridgehead atoms. The number of rotatable bonds is 2. The Morgan fingerprint density at radius 2 is 2.40 bits per heavy atom. The van der Waals surface area contributed by atoms with Gasteiger partial charge in [-0.1, -0.05) is 0 Å². The highest BCUT2D eigenvalue weighted by Crippen LogP contribution is 2.04. The van der Waals surface area contributed by atoms with Crippen molar-refractivity contribution in [2.24, 2.45) is 0 Å². The average molecular weight is 154 g/mol. The minimum absolute atomic E-state index is 0.719. The molecule has 1 rings (SSSR count). The lowest BCUT2D eigenvalue weighted by atomic mass is 10.5. The number of carbonyl (C=O) groups excluding carboxylic acids is 1. The van der Waals surface area contributed by atoms with Crippen molar-refractivity contribution in [1.82, 2.24) is 9.36 Å². The fourth-order valence-electron chi connectivity index (χ4n) is 0.502. The van der Waals surface area contributed by atoms with Gasteiger partial charge in [0.05, 0.1) is 0 Å². The molecule has 0 aliphatic carbocycles. The van der Waals surface area contributed by atoms with E-state index >= 15 is 0 Å². The maximum Gasteiger partial charge on any atom is 0.142 e. The molecule has 0 amide bonds. The number of allylic oxidation sites excluding steroid dienone is 1. The zero-order chi connectivity index (χ0) is 7.40. The summed E-state index contributed by atoms with van der Waals surface area (Å²) in [4.78, 5) is 13.9. The van der Waals surface area contributed by atoms with Crippen LogP contribution < -0.4 is 0 Å². The molecule has 0 saturated carbocycles. The van der Waals surface area contributed by atoms with Gasteiger partial charge in [-0.15, -0.1) is 0 Å². The first-order valence-electron chi connectivity index (χ1n) is 2.75. The van der Waals surface area contributed by atoms with Crippen LogP contribution in [-0.2, 0) is 4.79 Å². The van der Waals surface area contributed by atoms with Crippen molar-refractivity contribution in [3.63, 3.8) is 0 Å². The van der Waals surface area contributed by atoms with E-state index in [9.17, 15) is 4.79 Å². The van der Waals surface area contributed by atoms with Gasteiger partial charge in [-0.2, -0.15) is 4.37 Å². The molecule has 0 saturated heterocycles. The Balaban J connectivity index is 2.75. The standard InChI is InChI=1S/C6H6N2OS/c1-5-7-6(10-8-5)3-2-4-9/h2-4H,1H3. The van der Waals surface area contributed by atoms with E-state index in [0.29, 0.717) is 0 Å². The third-order valence-electron chi connectivity index (χ3n) is 0.861. The molecule has 0 N–H and O–H groups in total. The lowest BCUT2D eigenvalue weighted by Gasteiger charge is -1.73. The molecule has 0 aliphatic heterocycles. The fraction of sp³-hybridized carbons (Fsp3) is 0.167. The van der Waals surface area contributed by atoms with Gasteiger partial charge in [-0.05, 0) is 30.6 Å². The van der Waals surface area contributed by atoms with E-state index in [1.807, 2.05) is 6.92 Å². The van der Waals surface area contributed by atoms with Crippen LogP contribution in [0.3, 0.4) is 0 Å². The average Bonchev–Trinajstić information content (AvgIpc) is 2.31. The monoisotopic (exact) mass is 154 g/mol. The summed E-state index contributed by atoms with van der Waals surface area (Å²) in [5, 5.41) is 0.768. The number of carbonyl (C=O) groups is 1. The number of nitrogens with zero attached hydrogens (tertiary/aromatic N) is 2. The van der Waals surface area contributed by atoms with E-state index in [4.69, 9.17) is 0 Å². The Morgan fingerprint density at radius 3 is 2.90 bits per heavy atom. The summed E-state index contributed by atoms with van der Waals surface area (Å²) in [5.74, 6) is 0.746. The van der Waals surface area contributed by atoms with E-state index in [-0.39, 0.29) is 0 Å². The Morgan fingerprint density at radius 1 is 1.60 bits per heavy atom. The summed E-state index contributed by atoms with van der Waals surface area (Å²) in [6.07, 6.45) is 3.76. The fourth-order valence-corrected chi connectivity index (χ4v) is 1.08. The van der Waals surface area contributed by atoms with Crippen LogP contribution in [0.1, 0.15) is 10.8 Å². The topological polar surface area (TPSA) is 42.9 Å². The van der Waals surface area contributed by atoms with Crippen LogP contribution in [0.25, 0.3) is 6.08 Å². The Bertz CT molecular complexity index is 254. The van der Waals surface area contributed by atoms with Crippen LogP contribution in [0, 0.1) is 6.92 Å². The molecule has 0 spiro atoms. The number of aldehydes is 1. The van der Waals surface area contributed by atoms with Crippen LogP contribution in [0.4, 0.5) is 0 Å². The minimum Gasteiger partial charge on any atom is -0.299 e. The van der Waals surface area contributed by atoms with E-state index in [0.717, 1.165) is 17.1 Å². The molecule has 0 fully saturated rings. The Hall–Kier alpha value is -1.03. The van der Waals surface area contributed by atoms with E-state index < -0.39 is 0 Å². The maximum absolute atomic E-state index is 9.85.